The van der Waals surface area contributed by atoms with Gasteiger partial charge in [-0.05, 0) is 191 Å². The summed E-state index contributed by atoms with van der Waals surface area (Å²) in [6.45, 7) is 44.2. The Labute approximate surface area is 498 Å². The number of anilines is 9. The Bertz CT molecular complexity index is 3930. The molecule has 83 heavy (non-hydrogen) atoms. The van der Waals surface area contributed by atoms with Crippen LogP contribution in [0.1, 0.15) is 168 Å². The predicted octanol–water partition coefficient (Wildman–Crippen LogP) is 20.3. The molecule has 0 radical (unpaired) electrons. The molecule has 3 nitrogen and oxygen atoms in total. The molecule has 420 valence electrons. The molecule has 1 aliphatic carbocycles. The third-order valence-corrected chi connectivity index (χ3v) is 18.5. The Balaban J connectivity index is 1.28. The van der Waals surface area contributed by atoms with Gasteiger partial charge in [-0.1, -0.05) is 232 Å². The normalized spacial score (nSPS) is 14.5. The SMILES string of the molecule is Cc1cc(C)cc(-c2cc3c4c(c2)N(c2ccc(C(C)(C)C)cc2)c2cc(N(c5ccc(C(C)(C)C)cc5)c5ccc(C(C)(C)C)cc5)c5c(c2B4c2cc(C(C)(C)C)ccc2N3c2ccc(C(C)(C)C)cc2)-c2ccccc2C5(C)C)c1. The molecule has 0 fully saturated rings. The van der Waals surface area contributed by atoms with Gasteiger partial charge in [0.15, 0.2) is 0 Å². The van der Waals surface area contributed by atoms with Crippen LogP contribution >= 0.6 is 0 Å². The van der Waals surface area contributed by atoms with E-state index in [0.717, 1.165) is 22.7 Å². The molecule has 0 N–H and O–H groups in total. The summed E-state index contributed by atoms with van der Waals surface area (Å²) < 4.78 is 0. The largest absolute Gasteiger partial charge is 0.311 e. The lowest BCUT2D eigenvalue weighted by Gasteiger charge is -2.46. The minimum absolute atomic E-state index is 0.00450. The lowest BCUT2D eigenvalue weighted by molar-refractivity contribution is 0.590. The summed E-state index contributed by atoms with van der Waals surface area (Å²) in [5, 5.41) is 0. The van der Waals surface area contributed by atoms with Gasteiger partial charge in [-0.15, -0.1) is 0 Å². The molecule has 2 aliphatic heterocycles. The monoisotopic (exact) mass is 1090 g/mol. The molecule has 0 amide bonds. The molecule has 0 spiro atoms. The van der Waals surface area contributed by atoms with Gasteiger partial charge in [0, 0.05) is 50.9 Å². The van der Waals surface area contributed by atoms with E-state index in [0.29, 0.717) is 0 Å². The van der Waals surface area contributed by atoms with Crippen LogP contribution in [0.4, 0.5) is 51.2 Å². The molecule has 4 heteroatoms. The predicted molar refractivity (Wildman–Crippen MR) is 361 cm³/mol. The van der Waals surface area contributed by atoms with E-state index in [1.807, 2.05) is 0 Å². The second kappa shape index (κ2) is 19.2. The lowest BCUT2D eigenvalue weighted by Crippen LogP contribution is -2.62. The number of fused-ring (bicyclic) bond motifs is 8. The van der Waals surface area contributed by atoms with Gasteiger partial charge in [-0.25, -0.2) is 0 Å². The van der Waals surface area contributed by atoms with Crippen LogP contribution in [0, 0.1) is 13.8 Å². The highest BCUT2D eigenvalue weighted by Crippen LogP contribution is 2.58. The Morgan fingerprint density at radius 3 is 1.24 bits per heavy atom. The number of nitrogens with zero attached hydrogens (tertiary/aromatic N) is 3. The highest BCUT2D eigenvalue weighted by Gasteiger charge is 2.50. The molecule has 0 unspecified atom stereocenters. The maximum Gasteiger partial charge on any atom is 0.252 e. The highest BCUT2D eigenvalue weighted by atomic mass is 15.2. The van der Waals surface area contributed by atoms with Crippen LogP contribution in [0.3, 0.4) is 0 Å². The smallest absolute Gasteiger partial charge is 0.252 e. The molecular formula is C79H86BN3. The standard InChI is InChI=1S/C79H86BN3/c1-49-42-50(2)44-51(43-49)52-45-67-72-68(46-52)83(61-39-30-56(31-40-61)77(12,13)14)69-48-66(81(58-33-24-53(25-34-58)74(3,4)5)59-35-26-54(27-36-59)75(6,7)8)71-70(62-22-20-21-23-63(62)79(71,18)19)73(69)80(72)64-47-57(78(15,16)17)32-41-65(64)82(67)60-37-28-55(29-38-60)76(9,10)11/h20-48H,1-19H3. The molecule has 9 aromatic rings. The van der Waals surface area contributed by atoms with Gasteiger partial charge in [0.05, 0.1) is 5.69 Å². The van der Waals surface area contributed by atoms with Gasteiger partial charge in [0.25, 0.3) is 6.71 Å². The van der Waals surface area contributed by atoms with E-state index >= 15 is 0 Å². The van der Waals surface area contributed by atoms with E-state index in [9.17, 15) is 0 Å². The van der Waals surface area contributed by atoms with E-state index in [1.165, 1.54) is 117 Å². The van der Waals surface area contributed by atoms with Crippen molar-refractivity contribution in [2.45, 2.75) is 164 Å². The lowest BCUT2D eigenvalue weighted by atomic mass is 9.32. The van der Waals surface area contributed by atoms with Crippen molar-refractivity contribution < 1.29 is 0 Å². The van der Waals surface area contributed by atoms with Crippen LogP contribution in [0.2, 0.25) is 0 Å². The van der Waals surface area contributed by atoms with Gasteiger partial charge in [-0.3, -0.25) is 0 Å². The minimum Gasteiger partial charge on any atom is -0.311 e. The van der Waals surface area contributed by atoms with E-state index in [4.69, 9.17) is 0 Å². The highest BCUT2D eigenvalue weighted by molar-refractivity contribution is 7.01. The van der Waals surface area contributed by atoms with Gasteiger partial charge in [0.2, 0.25) is 0 Å². The molecule has 12 rings (SSSR count). The minimum atomic E-state index is -0.383. The van der Waals surface area contributed by atoms with Crippen LogP contribution in [0.15, 0.2) is 176 Å². The molecule has 9 aromatic carbocycles. The Hall–Kier alpha value is -7.56. The summed E-state index contributed by atoms with van der Waals surface area (Å²) in [6.07, 6.45) is 0. The maximum absolute atomic E-state index is 2.67. The van der Waals surface area contributed by atoms with E-state index in [-0.39, 0.29) is 39.2 Å². The van der Waals surface area contributed by atoms with Crippen LogP contribution < -0.4 is 31.1 Å². The summed E-state index contributed by atoms with van der Waals surface area (Å²) in [4.78, 5) is 7.87. The molecule has 0 saturated carbocycles. The molecule has 2 heterocycles. The van der Waals surface area contributed by atoms with Crippen molar-refractivity contribution in [3.63, 3.8) is 0 Å². The van der Waals surface area contributed by atoms with Crippen LogP contribution in [-0.2, 0) is 32.5 Å². The first-order valence-corrected chi connectivity index (χ1v) is 30.4. The average Bonchev–Trinajstić information content (AvgIpc) is 2.17. The van der Waals surface area contributed by atoms with Crippen molar-refractivity contribution in [2.24, 2.45) is 0 Å². The first-order chi connectivity index (χ1) is 38.9. The van der Waals surface area contributed by atoms with Gasteiger partial charge < -0.3 is 14.7 Å². The fourth-order valence-electron chi connectivity index (χ4n) is 13.8. The third kappa shape index (κ3) is 9.53. The Morgan fingerprint density at radius 1 is 0.386 bits per heavy atom. The Kier molecular flexibility index (Phi) is 13.0. The number of rotatable bonds is 6. The van der Waals surface area contributed by atoms with Crippen molar-refractivity contribution in [1.82, 2.24) is 0 Å². The molecule has 0 saturated heterocycles. The summed E-state index contributed by atoms with van der Waals surface area (Å²) >= 11 is 0. The van der Waals surface area contributed by atoms with E-state index in [2.05, 4.69) is 322 Å². The van der Waals surface area contributed by atoms with Crippen LogP contribution in [-0.4, -0.2) is 6.71 Å². The first-order valence-electron chi connectivity index (χ1n) is 30.4. The average molecular weight is 1090 g/mol. The molecule has 3 aliphatic rings. The Morgan fingerprint density at radius 2 is 0.783 bits per heavy atom. The van der Waals surface area contributed by atoms with Crippen molar-refractivity contribution in [3.05, 3.63) is 226 Å². The zero-order chi connectivity index (χ0) is 59.2. The summed E-state index contributed by atoms with van der Waals surface area (Å²) in [6, 6.07) is 69.5. The first kappa shape index (κ1) is 56.0. The van der Waals surface area contributed by atoms with Crippen LogP contribution in [0.25, 0.3) is 22.3 Å². The molecule has 0 atom stereocenters. The summed E-state index contributed by atoms with van der Waals surface area (Å²) in [5.74, 6) is 0. The zero-order valence-corrected chi connectivity index (χ0v) is 53.2. The number of hydrogen-bond acceptors (Lipinski definition) is 3. The zero-order valence-electron chi connectivity index (χ0n) is 53.2. The van der Waals surface area contributed by atoms with Gasteiger partial charge in [0.1, 0.15) is 0 Å². The van der Waals surface area contributed by atoms with Crippen molar-refractivity contribution in [1.29, 1.82) is 0 Å². The topological polar surface area (TPSA) is 9.72 Å². The fraction of sp³-hybridized carbons (Fsp3) is 0.316. The van der Waals surface area contributed by atoms with E-state index < -0.39 is 0 Å². The van der Waals surface area contributed by atoms with Crippen molar-refractivity contribution in [3.8, 4) is 22.3 Å². The summed E-state index contributed by atoms with van der Waals surface area (Å²) in [5.41, 5.74) is 31.0. The molecular weight excluding hydrogens is 1000 g/mol. The quantitative estimate of drug-likeness (QED) is 0.154. The second-order valence-corrected chi connectivity index (χ2v) is 30.2. The fourth-order valence-corrected chi connectivity index (χ4v) is 13.8. The molecule has 0 bridgehead atoms. The maximum atomic E-state index is 2.67. The second-order valence-electron chi connectivity index (χ2n) is 30.2. The molecule has 0 aromatic heterocycles. The number of hydrogen-bond donors (Lipinski definition) is 0. The number of benzene rings is 9. The van der Waals surface area contributed by atoms with Gasteiger partial charge in [-0.2, -0.15) is 0 Å². The number of aryl methyl sites for hydroxylation is 2. The van der Waals surface area contributed by atoms with Crippen molar-refractivity contribution >= 4 is 74.3 Å². The summed E-state index contributed by atoms with van der Waals surface area (Å²) in [7, 11) is 0. The van der Waals surface area contributed by atoms with Crippen LogP contribution in [0.5, 0.6) is 0 Å². The van der Waals surface area contributed by atoms with E-state index in [1.54, 1.807) is 0 Å². The van der Waals surface area contributed by atoms with Gasteiger partial charge >= 0.3 is 0 Å². The third-order valence-electron chi connectivity index (χ3n) is 18.5. The van der Waals surface area contributed by atoms with Crippen molar-refractivity contribution in [2.75, 3.05) is 14.7 Å².